The lowest BCUT2D eigenvalue weighted by Crippen LogP contribution is -1.98. The summed E-state index contributed by atoms with van der Waals surface area (Å²) < 4.78 is 3.71. The molecule has 3 heterocycles. The van der Waals surface area contributed by atoms with Crippen LogP contribution in [0.15, 0.2) is 73.2 Å². The van der Waals surface area contributed by atoms with E-state index < -0.39 is 0 Å². The van der Waals surface area contributed by atoms with Gasteiger partial charge >= 0.3 is 0 Å². The summed E-state index contributed by atoms with van der Waals surface area (Å²) in [7, 11) is 0. The molecule has 5 aromatic rings. The van der Waals surface area contributed by atoms with Crippen molar-refractivity contribution in [3.63, 3.8) is 0 Å². The Morgan fingerprint density at radius 2 is 1.50 bits per heavy atom. The summed E-state index contributed by atoms with van der Waals surface area (Å²) in [5.74, 6) is 0.771. The van der Waals surface area contributed by atoms with Gasteiger partial charge in [-0.15, -0.1) is 10.2 Å². The van der Waals surface area contributed by atoms with Crippen molar-refractivity contribution < 1.29 is 0 Å². The van der Waals surface area contributed by atoms with Crippen LogP contribution in [0.4, 0.5) is 0 Å². The zero-order valence-electron chi connectivity index (χ0n) is 12.6. The fraction of sp³-hybridized carbons (Fsp3) is 0. The zero-order valence-corrected chi connectivity index (χ0v) is 12.6. The maximum Gasteiger partial charge on any atom is 0.175 e. The first kappa shape index (κ1) is 13.0. The Morgan fingerprint density at radius 1 is 0.750 bits per heavy atom. The average molecular weight is 312 g/mol. The fourth-order valence-electron chi connectivity index (χ4n) is 2.86. The Kier molecular flexibility index (Phi) is 2.69. The Balaban J connectivity index is 1.76. The Bertz CT molecular complexity index is 1050. The Hall–Kier alpha value is -3.54. The van der Waals surface area contributed by atoms with Crippen molar-refractivity contribution in [1.82, 2.24) is 29.4 Å². The minimum absolute atomic E-state index is 0.751. The highest BCUT2D eigenvalue weighted by Crippen LogP contribution is 2.23. The van der Waals surface area contributed by atoms with Gasteiger partial charge in [0.2, 0.25) is 0 Å². The highest BCUT2D eigenvalue weighted by molar-refractivity contribution is 5.90. The molecule has 0 unspecified atom stereocenters. The van der Waals surface area contributed by atoms with Gasteiger partial charge in [0.25, 0.3) is 0 Å². The summed E-state index contributed by atoms with van der Waals surface area (Å²) in [6.45, 7) is 0. The first-order valence-electron chi connectivity index (χ1n) is 7.60. The van der Waals surface area contributed by atoms with Crippen molar-refractivity contribution in [2.75, 3.05) is 0 Å². The molecule has 0 atom stereocenters. The molecule has 0 N–H and O–H groups in total. The quantitative estimate of drug-likeness (QED) is 0.502. The molecule has 0 aliphatic heterocycles. The van der Waals surface area contributed by atoms with E-state index >= 15 is 0 Å². The Morgan fingerprint density at radius 3 is 2.29 bits per heavy atom. The van der Waals surface area contributed by atoms with Gasteiger partial charge in [-0.25, -0.2) is 9.67 Å². The minimum Gasteiger partial charge on any atom is -0.265 e. The van der Waals surface area contributed by atoms with E-state index in [1.807, 2.05) is 69.7 Å². The number of hydrogen-bond donors (Lipinski definition) is 0. The first-order chi connectivity index (χ1) is 11.9. The second kappa shape index (κ2) is 4.99. The molecule has 3 aromatic heterocycles. The van der Waals surface area contributed by atoms with E-state index in [1.54, 1.807) is 12.5 Å². The minimum atomic E-state index is 0.751. The normalized spacial score (nSPS) is 11.3. The monoisotopic (exact) mass is 312 g/mol. The number of nitrogens with zero attached hydrogens (tertiary/aromatic N) is 6. The second-order valence-corrected chi connectivity index (χ2v) is 5.46. The SMILES string of the molecule is c1ccc(-c2nnc3c4cnn(-c5ccccc5)c4ncn23)cc1. The van der Waals surface area contributed by atoms with Crippen LogP contribution in [0, 0.1) is 0 Å². The molecule has 6 nitrogen and oxygen atoms in total. The molecule has 0 aliphatic carbocycles. The lowest BCUT2D eigenvalue weighted by Gasteiger charge is -2.03. The van der Waals surface area contributed by atoms with Gasteiger partial charge < -0.3 is 0 Å². The lowest BCUT2D eigenvalue weighted by molar-refractivity contribution is 0.893. The van der Waals surface area contributed by atoms with Gasteiger partial charge in [0.1, 0.15) is 6.33 Å². The molecule has 0 saturated heterocycles. The topological polar surface area (TPSA) is 60.9 Å². The van der Waals surface area contributed by atoms with E-state index in [-0.39, 0.29) is 0 Å². The summed E-state index contributed by atoms with van der Waals surface area (Å²) in [5, 5.41) is 14.0. The van der Waals surface area contributed by atoms with Gasteiger partial charge in [0.15, 0.2) is 17.1 Å². The van der Waals surface area contributed by atoms with Gasteiger partial charge in [-0.2, -0.15) is 5.10 Å². The van der Waals surface area contributed by atoms with Crippen LogP contribution < -0.4 is 0 Å². The third-order valence-electron chi connectivity index (χ3n) is 4.01. The molecular weight excluding hydrogens is 300 g/mol. The van der Waals surface area contributed by atoms with E-state index in [0.29, 0.717) is 0 Å². The van der Waals surface area contributed by atoms with Crippen LogP contribution in [0.2, 0.25) is 0 Å². The molecule has 0 radical (unpaired) electrons. The van der Waals surface area contributed by atoms with Crippen molar-refractivity contribution in [2.45, 2.75) is 0 Å². The number of hydrogen-bond acceptors (Lipinski definition) is 4. The Labute approximate surface area is 137 Å². The summed E-state index contributed by atoms with van der Waals surface area (Å²) >= 11 is 0. The summed E-state index contributed by atoms with van der Waals surface area (Å²) in [6, 6.07) is 19.9. The average Bonchev–Trinajstić information content (AvgIpc) is 3.27. The maximum atomic E-state index is 4.59. The maximum absolute atomic E-state index is 4.59. The molecule has 0 spiro atoms. The van der Waals surface area contributed by atoms with E-state index in [2.05, 4.69) is 20.3 Å². The van der Waals surface area contributed by atoms with Crippen molar-refractivity contribution in [3.8, 4) is 17.1 Å². The molecule has 5 rings (SSSR count). The standard InChI is InChI=1S/C18H12N6/c1-3-7-13(8-4-1)16-21-22-18-15-11-20-24(14-9-5-2-6-10-14)17(15)19-12-23(16)18/h1-12H. The first-order valence-corrected chi connectivity index (χ1v) is 7.60. The number of para-hydroxylation sites is 1. The van der Waals surface area contributed by atoms with Crippen molar-refractivity contribution in [3.05, 3.63) is 73.2 Å². The van der Waals surface area contributed by atoms with Gasteiger partial charge in [-0.05, 0) is 12.1 Å². The van der Waals surface area contributed by atoms with Gasteiger partial charge in [0.05, 0.1) is 17.3 Å². The molecular formula is C18H12N6. The molecule has 0 saturated carbocycles. The van der Waals surface area contributed by atoms with E-state index in [9.17, 15) is 0 Å². The van der Waals surface area contributed by atoms with Crippen LogP contribution in [0.1, 0.15) is 0 Å². The van der Waals surface area contributed by atoms with E-state index in [4.69, 9.17) is 0 Å². The highest BCUT2D eigenvalue weighted by Gasteiger charge is 2.14. The van der Waals surface area contributed by atoms with Gasteiger partial charge in [0, 0.05) is 5.56 Å². The van der Waals surface area contributed by atoms with Crippen molar-refractivity contribution in [1.29, 1.82) is 0 Å². The number of aromatic nitrogens is 6. The summed E-state index contributed by atoms with van der Waals surface area (Å²) in [4.78, 5) is 4.59. The third kappa shape index (κ3) is 1.83. The molecule has 0 amide bonds. The smallest absolute Gasteiger partial charge is 0.175 e. The summed E-state index contributed by atoms with van der Waals surface area (Å²) in [6.07, 6.45) is 3.54. The van der Waals surface area contributed by atoms with Crippen LogP contribution in [0.5, 0.6) is 0 Å². The van der Waals surface area contributed by atoms with Gasteiger partial charge in [-0.3, -0.25) is 4.40 Å². The molecule has 114 valence electrons. The van der Waals surface area contributed by atoms with E-state index in [0.717, 1.165) is 33.8 Å². The molecule has 0 aliphatic rings. The van der Waals surface area contributed by atoms with Crippen molar-refractivity contribution >= 4 is 16.7 Å². The fourth-order valence-corrected chi connectivity index (χ4v) is 2.86. The highest BCUT2D eigenvalue weighted by atomic mass is 15.3. The molecule has 0 bridgehead atoms. The number of benzene rings is 2. The van der Waals surface area contributed by atoms with E-state index in [1.165, 1.54) is 0 Å². The van der Waals surface area contributed by atoms with Gasteiger partial charge in [-0.1, -0.05) is 48.5 Å². The van der Waals surface area contributed by atoms with Crippen LogP contribution in [0.25, 0.3) is 33.8 Å². The second-order valence-electron chi connectivity index (χ2n) is 5.46. The predicted molar refractivity (Wildman–Crippen MR) is 90.8 cm³/mol. The predicted octanol–water partition coefficient (Wildman–Crippen LogP) is 3.13. The third-order valence-corrected chi connectivity index (χ3v) is 4.01. The molecule has 24 heavy (non-hydrogen) atoms. The summed E-state index contributed by atoms with van der Waals surface area (Å²) in [5.41, 5.74) is 3.48. The lowest BCUT2D eigenvalue weighted by atomic mass is 10.2. The number of rotatable bonds is 2. The number of fused-ring (bicyclic) bond motifs is 3. The molecule has 6 heteroatoms. The zero-order chi connectivity index (χ0) is 15.9. The largest absolute Gasteiger partial charge is 0.265 e. The molecule has 0 fully saturated rings. The van der Waals surface area contributed by atoms with Crippen LogP contribution in [-0.2, 0) is 0 Å². The van der Waals surface area contributed by atoms with Crippen LogP contribution in [0.3, 0.4) is 0 Å². The van der Waals surface area contributed by atoms with Crippen molar-refractivity contribution in [2.24, 2.45) is 0 Å². The molecule has 2 aromatic carbocycles. The van der Waals surface area contributed by atoms with Crippen LogP contribution in [-0.4, -0.2) is 29.4 Å². The van der Waals surface area contributed by atoms with Crippen LogP contribution >= 0.6 is 0 Å².